The van der Waals surface area contributed by atoms with Crippen molar-refractivity contribution < 1.29 is 0 Å². The van der Waals surface area contributed by atoms with E-state index in [1.54, 1.807) is 6.20 Å². The van der Waals surface area contributed by atoms with Crippen LogP contribution in [0.3, 0.4) is 0 Å². The molecule has 0 bridgehead atoms. The lowest BCUT2D eigenvalue weighted by Gasteiger charge is -2.04. The molecule has 0 spiro atoms. The number of hydrogen-bond acceptors (Lipinski definition) is 2. The molecular weight excluding hydrogens is 198 g/mol. The Labute approximate surface area is 87.4 Å². The highest BCUT2D eigenvalue weighted by Crippen LogP contribution is 2.09. The van der Waals surface area contributed by atoms with Gasteiger partial charge in [-0.3, -0.25) is 4.57 Å². The number of aryl methyl sites for hydroxylation is 1. The second-order valence-corrected chi connectivity index (χ2v) is 3.23. The van der Waals surface area contributed by atoms with Crippen LogP contribution >= 0.6 is 11.6 Å². The molecule has 0 aliphatic heterocycles. The van der Waals surface area contributed by atoms with Gasteiger partial charge in [0.1, 0.15) is 11.6 Å². The third kappa shape index (κ3) is 1.63. The van der Waals surface area contributed by atoms with Crippen molar-refractivity contribution in [3.05, 3.63) is 42.1 Å². The van der Waals surface area contributed by atoms with Crippen LogP contribution in [0, 0.1) is 6.92 Å². The summed E-state index contributed by atoms with van der Waals surface area (Å²) < 4.78 is 1.93. The van der Waals surface area contributed by atoms with E-state index in [1.807, 2.05) is 35.9 Å². The Hall–Kier alpha value is -1.35. The number of aromatic nitrogens is 3. The van der Waals surface area contributed by atoms with E-state index in [9.17, 15) is 0 Å². The fraction of sp³-hybridized carbons (Fsp3) is 0.200. The molecule has 0 aliphatic carbocycles. The van der Waals surface area contributed by atoms with Crippen LogP contribution in [-0.4, -0.2) is 14.5 Å². The average Bonchev–Trinajstić information content (AvgIpc) is 2.65. The molecule has 0 saturated heterocycles. The van der Waals surface area contributed by atoms with Gasteiger partial charge in [-0.15, -0.1) is 11.6 Å². The van der Waals surface area contributed by atoms with Gasteiger partial charge in [0, 0.05) is 12.4 Å². The normalized spacial score (nSPS) is 10.4. The molecule has 3 nitrogen and oxygen atoms in total. The summed E-state index contributed by atoms with van der Waals surface area (Å²) in [5, 5.41) is 0. The minimum Gasteiger partial charge on any atom is -0.288 e. The minimum atomic E-state index is 0.432. The Bertz CT molecular complexity index is 436. The molecule has 0 aliphatic rings. The molecule has 2 aromatic rings. The van der Waals surface area contributed by atoms with Gasteiger partial charge in [0.05, 0.1) is 11.6 Å². The Kier molecular flexibility index (Phi) is 2.50. The monoisotopic (exact) mass is 207 g/mol. The lowest BCUT2D eigenvalue weighted by Crippen LogP contribution is -2.00. The zero-order valence-corrected chi connectivity index (χ0v) is 8.57. The summed E-state index contributed by atoms with van der Waals surface area (Å²) in [6.07, 6.45) is 3.64. The maximum Gasteiger partial charge on any atom is 0.138 e. The smallest absolute Gasteiger partial charge is 0.138 e. The molecule has 0 atom stereocenters. The van der Waals surface area contributed by atoms with E-state index in [0.717, 1.165) is 17.3 Å². The van der Waals surface area contributed by atoms with Crippen molar-refractivity contribution in [2.75, 3.05) is 0 Å². The number of nitrogens with zero attached hydrogens (tertiary/aromatic N) is 3. The van der Waals surface area contributed by atoms with Gasteiger partial charge < -0.3 is 0 Å². The van der Waals surface area contributed by atoms with Crippen molar-refractivity contribution in [2.45, 2.75) is 12.8 Å². The van der Waals surface area contributed by atoms with Crippen molar-refractivity contribution in [3.63, 3.8) is 0 Å². The SMILES string of the molecule is Cc1nccn1-c1cccc(CCl)n1. The molecule has 0 unspecified atom stereocenters. The molecular formula is C10H10ClN3. The van der Waals surface area contributed by atoms with Crippen LogP contribution in [0.25, 0.3) is 5.82 Å². The summed E-state index contributed by atoms with van der Waals surface area (Å²) >= 11 is 5.71. The Morgan fingerprint density at radius 3 is 2.93 bits per heavy atom. The van der Waals surface area contributed by atoms with Crippen LogP contribution in [0.1, 0.15) is 11.5 Å². The van der Waals surface area contributed by atoms with Crippen LogP contribution in [0.4, 0.5) is 0 Å². The second-order valence-electron chi connectivity index (χ2n) is 2.97. The van der Waals surface area contributed by atoms with Crippen molar-refractivity contribution in [3.8, 4) is 5.82 Å². The van der Waals surface area contributed by atoms with Crippen LogP contribution in [0.15, 0.2) is 30.6 Å². The highest BCUT2D eigenvalue weighted by atomic mass is 35.5. The molecule has 2 aromatic heterocycles. The Morgan fingerprint density at radius 2 is 2.29 bits per heavy atom. The molecule has 14 heavy (non-hydrogen) atoms. The molecule has 2 rings (SSSR count). The molecule has 72 valence electrons. The number of imidazole rings is 1. The van der Waals surface area contributed by atoms with Gasteiger partial charge >= 0.3 is 0 Å². The maximum absolute atomic E-state index is 5.71. The number of rotatable bonds is 2. The Morgan fingerprint density at radius 1 is 1.43 bits per heavy atom. The largest absolute Gasteiger partial charge is 0.288 e. The predicted molar refractivity (Wildman–Crippen MR) is 55.7 cm³/mol. The van der Waals surface area contributed by atoms with Crippen molar-refractivity contribution in [1.29, 1.82) is 0 Å². The van der Waals surface area contributed by atoms with Crippen molar-refractivity contribution >= 4 is 11.6 Å². The topological polar surface area (TPSA) is 30.7 Å². The molecule has 0 aromatic carbocycles. The number of halogens is 1. The first kappa shape index (κ1) is 9.21. The third-order valence-corrected chi connectivity index (χ3v) is 2.28. The molecule has 0 N–H and O–H groups in total. The van der Waals surface area contributed by atoms with Gasteiger partial charge in [0.25, 0.3) is 0 Å². The molecule has 4 heteroatoms. The minimum absolute atomic E-state index is 0.432. The van der Waals surface area contributed by atoms with E-state index in [1.165, 1.54) is 0 Å². The summed E-state index contributed by atoms with van der Waals surface area (Å²) in [4.78, 5) is 8.52. The summed E-state index contributed by atoms with van der Waals surface area (Å²) in [6, 6.07) is 5.78. The zero-order chi connectivity index (χ0) is 9.97. The fourth-order valence-electron chi connectivity index (χ4n) is 1.30. The van der Waals surface area contributed by atoms with E-state index in [4.69, 9.17) is 11.6 Å². The first-order valence-corrected chi connectivity index (χ1v) is 4.87. The summed E-state index contributed by atoms with van der Waals surface area (Å²) in [5.41, 5.74) is 0.872. The standard InChI is InChI=1S/C10H10ClN3/c1-8-12-5-6-14(8)10-4-2-3-9(7-11)13-10/h2-6H,7H2,1H3. The fourth-order valence-corrected chi connectivity index (χ4v) is 1.44. The van der Waals surface area contributed by atoms with Crippen molar-refractivity contribution in [2.24, 2.45) is 0 Å². The van der Waals surface area contributed by atoms with Gasteiger partial charge in [-0.25, -0.2) is 9.97 Å². The van der Waals surface area contributed by atoms with E-state index in [2.05, 4.69) is 9.97 Å². The second kappa shape index (κ2) is 3.80. The molecule has 2 heterocycles. The zero-order valence-electron chi connectivity index (χ0n) is 7.81. The van der Waals surface area contributed by atoms with Crippen LogP contribution in [-0.2, 0) is 5.88 Å². The first-order chi connectivity index (χ1) is 6.81. The van der Waals surface area contributed by atoms with Gasteiger partial charge in [-0.1, -0.05) is 6.07 Å². The van der Waals surface area contributed by atoms with Crippen LogP contribution in [0.2, 0.25) is 0 Å². The van der Waals surface area contributed by atoms with E-state index < -0.39 is 0 Å². The number of alkyl halides is 1. The van der Waals surface area contributed by atoms with E-state index >= 15 is 0 Å². The quantitative estimate of drug-likeness (QED) is 0.708. The third-order valence-electron chi connectivity index (χ3n) is 2.00. The van der Waals surface area contributed by atoms with Crippen molar-refractivity contribution in [1.82, 2.24) is 14.5 Å². The number of hydrogen-bond donors (Lipinski definition) is 0. The summed E-state index contributed by atoms with van der Waals surface area (Å²) in [5.74, 6) is 2.21. The summed E-state index contributed by atoms with van der Waals surface area (Å²) in [6.45, 7) is 1.94. The Balaban J connectivity index is 2.47. The number of pyridine rings is 1. The molecule has 0 amide bonds. The molecule has 0 saturated carbocycles. The van der Waals surface area contributed by atoms with E-state index in [0.29, 0.717) is 5.88 Å². The van der Waals surface area contributed by atoms with Gasteiger partial charge in [0.2, 0.25) is 0 Å². The highest BCUT2D eigenvalue weighted by Gasteiger charge is 2.01. The summed E-state index contributed by atoms with van der Waals surface area (Å²) in [7, 11) is 0. The lowest BCUT2D eigenvalue weighted by molar-refractivity contribution is 0.920. The average molecular weight is 208 g/mol. The molecule has 0 radical (unpaired) electrons. The van der Waals surface area contributed by atoms with Gasteiger partial charge in [0.15, 0.2) is 0 Å². The first-order valence-electron chi connectivity index (χ1n) is 4.33. The molecule has 0 fully saturated rings. The van der Waals surface area contributed by atoms with Crippen LogP contribution in [0.5, 0.6) is 0 Å². The van der Waals surface area contributed by atoms with Gasteiger partial charge in [-0.2, -0.15) is 0 Å². The van der Waals surface area contributed by atoms with Crippen LogP contribution < -0.4 is 0 Å². The van der Waals surface area contributed by atoms with E-state index in [-0.39, 0.29) is 0 Å². The lowest BCUT2D eigenvalue weighted by atomic mass is 10.3. The highest BCUT2D eigenvalue weighted by molar-refractivity contribution is 6.16. The maximum atomic E-state index is 5.71. The predicted octanol–water partition coefficient (Wildman–Crippen LogP) is 2.31. The van der Waals surface area contributed by atoms with Gasteiger partial charge in [-0.05, 0) is 19.1 Å².